The minimum atomic E-state index is -0.431. The fourth-order valence-electron chi connectivity index (χ4n) is 2.53. The maximum atomic E-state index is 11.0. The van der Waals surface area contributed by atoms with E-state index in [0.717, 1.165) is 19.5 Å². The highest BCUT2D eigenvalue weighted by molar-refractivity contribution is 5.53. The van der Waals surface area contributed by atoms with Crippen molar-refractivity contribution >= 4 is 11.6 Å². The maximum Gasteiger partial charge on any atom is 0.406 e. The summed E-state index contributed by atoms with van der Waals surface area (Å²) in [4.78, 5) is 16.8. The molecule has 1 aliphatic heterocycles. The summed E-state index contributed by atoms with van der Waals surface area (Å²) < 4.78 is 1.74. The molecule has 1 N–H and O–H groups in total. The van der Waals surface area contributed by atoms with Gasteiger partial charge in [0.2, 0.25) is 11.6 Å². The molecule has 1 aromatic rings. The second-order valence-corrected chi connectivity index (χ2v) is 5.16. The normalized spacial score (nSPS) is 20.5. The van der Waals surface area contributed by atoms with E-state index in [1.807, 2.05) is 0 Å². The van der Waals surface area contributed by atoms with Crippen molar-refractivity contribution in [3.8, 4) is 0 Å². The van der Waals surface area contributed by atoms with E-state index < -0.39 is 4.92 Å². The molecule has 106 valence electrons. The van der Waals surface area contributed by atoms with Crippen LogP contribution in [0.4, 0.5) is 11.6 Å². The Hall–Kier alpha value is -1.63. The number of rotatable bonds is 4. The van der Waals surface area contributed by atoms with Crippen molar-refractivity contribution in [3.63, 3.8) is 0 Å². The fraction of sp³-hybridized carbons (Fsp3) is 0.750. The lowest BCUT2D eigenvalue weighted by Gasteiger charge is -2.32. The van der Waals surface area contributed by atoms with Crippen LogP contribution < -0.4 is 5.32 Å². The van der Waals surface area contributed by atoms with Crippen LogP contribution in [0.25, 0.3) is 0 Å². The summed E-state index contributed by atoms with van der Waals surface area (Å²) in [5.74, 6) is 1.06. The topological polar surface area (TPSA) is 76.2 Å². The molecule has 1 atom stereocenters. The highest BCUT2D eigenvalue weighted by Crippen LogP contribution is 2.24. The highest BCUT2D eigenvalue weighted by atomic mass is 16.6. The summed E-state index contributed by atoms with van der Waals surface area (Å²) >= 11 is 0. The number of piperidine rings is 1. The lowest BCUT2D eigenvalue weighted by molar-refractivity contribution is -0.388. The molecule has 0 saturated carbocycles. The van der Waals surface area contributed by atoms with Crippen molar-refractivity contribution in [2.45, 2.75) is 32.2 Å². The molecule has 1 unspecified atom stereocenters. The molecule has 7 nitrogen and oxygen atoms in total. The van der Waals surface area contributed by atoms with Gasteiger partial charge in [0.15, 0.2) is 0 Å². The number of hydrogen-bond acceptors (Lipinski definition) is 5. The zero-order valence-corrected chi connectivity index (χ0v) is 11.7. The SMILES string of the molecule is Cc1nc([N+](=O)[O-])c(NCC2CCCCN2C)n1C. The number of nitrogens with zero attached hydrogens (tertiary/aromatic N) is 4. The van der Waals surface area contributed by atoms with E-state index in [1.54, 1.807) is 18.5 Å². The number of aryl methyl sites for hydroxylation is 1. The van der Waals surface area contributed by atoms with Crippen LogP contribution in [-0.2, 0) is 7.05 Å². The molecule has 0 aliphatic carbocycles. The Labute approximate surface area is 112 Å². The molecule has 0 spiro atoms. The zero-order chi connectivity index (χ0) is 14.0. The molecule has 2 heterocycles. The summed E-state index contributed by atoms with van der Waals surface area (Å²) in [6, 6.07) is 0.434. The lowest BCUT2D eigenvalue weighted by atomic mass is 10.0. The number of anilines is 1. The molecule has 1 fully saturated rings. The van der Waals surface area contributed by atoms with Gasteiger partial charge in [0.25, 0.3) is 0 Å². The van der Waals surface area contributed by atoms with Gasteiger partial charge in [-0.1, -0.05) is 6.42 Å². The van der Waals surface area contributed by atoms with E-state index in [0.29, 0.717) is 17.7 Å². The van der Waals surface area contributed by atoms with Gasteiger partial charge in [-0.25, -0.2) is 0 Å². The zero-order valence-electron chi connectivity index (χ0n) is 11.7. The molecule has 19 heavy (non-hydrogen) atoms. The van der Waals surface area contributed by atoms with Crippen LogP contribution in [0, 0.1) is 17.0 Å². The predicted molar refractivity (Wildman–Crippen MR) is 73.4 cm³/mol. The van der Waals surface area contributed by atoms with Gasteiger partial charge in [-0.15, -0.1) is 0 Å². The quantitative estimate of drug-likeness (QED) is 0.661. The summed E-state index contributed by atoms with van der Waals surface area (Å²) in [5.41, 5.74) is 0. The number of nitro groups is 1. The van der Waals surface area contributed by atoms with Crippen molar-refractivity contribution in [1.29, 1.82) is 0 Å². The minimum absolute atomic E-state index is 0.0848. The molecule has 2 rings (SSSR count). The van der Waals surface area contributed by atoms with Crippen LogP contribution in [0.15, 0.2) is 0 Å². The van der Waals surface area contributed by atoms with E-state index in [2.05, 4.69) is 22.2 Å². The third-order valence-corrected chi connectivity index (χ3v) is 3.90. The fourth-order valence-corrected chi connectivity index (χ4v) is 2.53. The molecule has 1 saturated heterocycles. The van der Waals surface area contributed by atoms with Crippen LogP contribution in [-0.4, -0.2) is 45.6 Å². The summed E-state index contributed by atoms with van der Waals surface area (Å²) in [5, 5.41) is 14.2. The molecular weight excluding hydrogens is 246 g/mol. The van der Waals surface area contributed by atoms with Gasteiger partial charge in [0, 0.05) is 26.6 Å². The van der Waals surface area contributed by atoms with Gasteiger partial charge in [-0.2, -0.15) is 0 Å². The largest absolute Gasteiger partial charge is 0.406 e. The standard InChI is InChI=1S/C12H21N5O2/c1-9-14-12(17(18)19)11(16(9)3)13-8-10-6-4-5-7-15(10)2/h10,13H,4-8H2,1-3H3. The van der Waals surface area contributed by atoms with Crippen molar-refractivity contribution in [1.82, 2.24) is 14.5 Å². The van der Waals surface area contributed by atoms with E-state index in [9.17, 15) is 10.1 Å². The third kappa shape index (κ3) is 2.86. The van der Waals surface area contributed by atoms with Gasteiger partial charge >= 0.3 is 5.82 Å². The predicted octanol–water partition coefficient (Wildman–Crippen LogP) is 1.53. The summed E-state index contributed by atoms with van der Waals surface area (Å²) in [6.45, 7) is 3.58. The van der Waals surface area contributed by atoms with Gasteiger partial charge in [0.05, 0.1) is 0 Å². The molecule has 1 aliphatic rings. The average Bonchev–Trinajstić information content (AvgIpc) is 2.65. The van der Waals surface area contributed by atoms with Gasteiger partial charge in [0.1, 0.15) is 0 Å². The first kappa shape index (κ1) is 13.8. The number of likely N-dealkylation sites (tertiary alicyclic amines) is 1. The molecular formula is C12H21N5O2. The second kappa shape index (κ2) is 5.56. The number of nitrogens with one attached hydrogen (secondary N) is 1. The Balaban J connectivity index is 2.08. The lowest BCUT2D eigenvalue weighted by Crippen LogP contribution is -2.41. The Kier molecular flexibility index (Phi) is 4.04. The maximum absolute atomic E-state index is 11.0. The van der Waals surface area contributed by atoms with Crippen molar-refractivity contribution in [2.75, 3.05) is 25.5 Å². The minimum Gasteiger partial charge on any atom is -0.363 e. The monoisotopic (exact) mass is 267 g/mol. The van der Waals surface area contributed by atoms with Crippen molar-refractivity contribution < 1.29 is 4.92 Å². The van der Waals surface area contributed by atoms with Gasteiger partial charge in [-0.3, -0.25) is 4.57 Å². The van der Waals surface area contributed by atoms with E-state index in [4.69, 9.17) is 0 Å². The first-order valence-electron chi connectivity index (χ1n) is 6.62. The third-order valence-electron chi connectivity index (χ3n) is 3.90. The molecule has 0 aromatic carbocycles. The molecule has 0 radical (unpaired) electrons. The van der Waals surface area contributed by atoms with Crippen LogP contribution in [0.3, 0.4) is 0 Å². The first-order chi connectivity index (χ1) is 9.00. The molecule has 1 aromatic heterocycles. The number of hydrogen-bond donors (Lipinski definition) is 1. The smallest absolute Gasteiger partial charge is 0.363 e. The van der Waals surface area contributed by atoms with E-state index in [1.165, 1.54) is 12.8 Å². The average molecular weight is 267 g/mol. The molecule has 0 bridgehead atoms. The Bertz CT molecular complexity index is 471. The van der Waals surface area contributed by atoms with Gasteiger partial charge < -0.3 is 20.3 Å². The Morgan fingerprint density at radius 2 is 2.21 bits per heavy atom. The number of likely N-dealkylation sites (N-methyl/N-ethyl adjacent to an activating group) is 1. The van der Waals surface area contributed by atoms with E-state index >= 15 is 0 Å². The number of imidazole rings is 1. The van der Waals surface area contributed by atoms with E-state index in [-0.39, 0.29) is 5.82 Å². The van der Waals surface area contributed by atoms with Gasteiger partial charge in [-0.05, 0) is 36.3 Å². The Morgan fingerprint density at radius 3 is 2.84 bits per heavy atom. The molecule has 7 heteroatoms. The Morgan fingerprint density at radius 1 is 1.47 bits per heavy atom. The first-order valence-corrected chi connectivity index (χ1v) is 6.62. The summed E-state index contributed by atoms with van der Waals surface area (Å²) in [7, 11) is 3.90. The highest BCUT2D eigenvalue weighted by Gasteiger charge is 2.25. The van der Waals surface area contributed by atoms with Crippen molar-refractivity contribution in [3.05, 3.63) is 15.9 Å². The summed E-state index contributed by atoms with van der Waals surface area (Å²) in [6.07, 6.45) is 3.59. The van der Waals surface area contributed by atoms with Crippen LogP contribution in [0.2, 0.25) is 0 Å². The van der Waals surface area contributed by atoms with Crippen LogP contribution in [0.5, 0.6) is 0 Å². The molecule has 0 amide bonds. The second-order valence-electron chi connectivity index (χ2n) is 5.16. The van der Waals surface area contributed by atoms with Crippen molar-refractivity contribution in [2.24, 2.45) is 7.05 Å². The van der Waals surface area contributed by atoms with Crippen LogP contribution >= 0.6 is 0 Å². The van der Waals surface area contributed by atoms with Crippen LogP contribution in [0.1, 0.15) is 25.1 Å². The number of aromatic nitrogens is 2.